The molecule has 0 radical (unpaired) electrons. The van der Waals surface area contributed by atoms with Gasteiger partial charge in [0.1, 0.15) is 0 Å². The average molecular weight is 450 g/mol. The van der Waals surface area contributed by atoms with E-state index in [-0.39, 0.29) is 21.7 Å². The lowest BCUT2D eigenvalue weighted by Crippen LogP contribution is -2.57. The highest BCUT2D eigenvalue weighted by atomic mass is 35.5. The van der Waals surface area contributed by atoms with Gasteiger partial charge in [-0.15, -0.1) is 0 Å². The van der Waals surface area contributed by atoms with Gasteiger partial charge in [0.2, 0.25) is 0 Å². The van der Waals surface area contributed by atoms with Gasteiger partial charge < -0.3 is 20.2 Å². The van der Waals surface area contributed by atoms with Crippen molar-refractivity contribution in [3.8, 4) is 0 Å². The maximum Gasteiger partial charge on any atom is 0.419 e. The number of nitrogens with zero attached hydrogens (tertiary/aromatic N) is 2. The molecule has 2 fully saturated rings. The molecule has 172 valence electrons. The molecule has 30 heavy (non-hydrogen) atoms. The molecule has 2 aliphatic heterocycles. The van der Waals surface area contributed by atoms with Crippen LogP contribution in [0.2, 0.25) is 5.02 Å². The number of rotatable bonds is 5. The second-order valence-electron chi connectivity index (χ2n) is 9.21. The summed E-state index contributed by atoms with van der Waals surface area (Å²) in [4.78, 5) is 4.03. The minimum atomic E-state index is -4.44. The first kappa shape index (κ1) is 25.2. The highest BCUT2D eigenvalue weighted by molar-refractivity contribution is 6.31. The summed E-state index contributed by atoms with van der Waals surface area (Å²) in [6, 6.07) is 4.44. The van der Waals surface area contributed by atoms with Gasteiger partial charge in [-0.2, -0.15) is 13.2 Å². The van der Waals surface area contributed by atoms with E-state index in [1.807, 2.05) is 11.8 Å². The van der Waals surface area contributed by atoms with Gasteiger partial charge in [0.25, 0.3) is 0 Å². The Morgan fingerprint density at radius 1 is 1.20 bits per heavy atom. The number of nitrogens with one attached hydrogen (secondary N) is 1. The van der Waals surface area contributed by atoms with E-state index in [1.54, 1.807) is 6.07 Å². The maximum absolute atomic E-state index is 13.4. The van der Waals surface area contributed by atoms with Crippen LogP contribution < -0.4 is 10.2 Å². The van der Waals surface area contributed by atoms with Crippen molar-refractivity contribution in [2.24, 2.45) is 5.41 Å². The summed E-state index contributed by atoms with van der Waals surface area (Å²) in [5.74, 6) is 0. The van der Waals surface area contributed by atoms with E-state index >= 15 is 0 Å². The molecule has 0 aromatic heterocycles. The van der Waals surface area contributed by atoms with Crippen LogP contribution in [0.15, 0.2) is 18.2 Å². The molecule has 0 amide bonds. The van der Waals surface area contributed by atoms with Gasteiger partial charge in [-0.05, 0) is 57.8 Å². The SMILES string of the molecule is CC1(O)CNC1.CCCC1(CN(C)C)CCN(c2cccc(Cl)c2C(F)(F)F)CC1. The molecule has 1 aromatic carbocycles. The van der Waals surface area contributed by atoms with E-state index in [2.05, 4.69) is 31.2 Å². The minimum Gasteiger partial charge on any atom is -0.388 e. The summed E-state index contributed by atoms with van der Waals surface area (Å²) in [7, 11) is 4.12. The molecule has 1 aromatic rings. The summed E-state index contributed by atoms with van der Waals surface area (Å²) < 4.78 is 40.2. The Hall–Kier alpha value is -1.02. The molecule has 0 saturated carbocycles. The van der Waals surface area contributed by atoms with Gasteiger partial charge in [0.15, 0.2) is 0 Å². The molecule has 0 aliphatic carbocycles. The van der Waals surface area contributed by atoms with Crippen LogP contribution in [0, 0.1) is 5.41 Å². The quantitative estimate of drug-likeness (QED) is 0.686. The van der Waals surface area contributed by atoms with E-state index in [1.165, 1.54) is 12.1 Å². The lowest BCUT2D eigenvalue weighted by molar-refractivity contribution is -0.137. The van der Waals surface area contributed by atoms with Gasteiger partial charge in [0.05, 0.1) is 21.9 Å². The van der Waals surface area contributed by atoms with Crippen LogP contribution in [0.25, 0.3) is 0 Å². The summed E-state index contributed by atoms with van der Waals surface area (Å²) in [5, 5.41) is 11.6. The first-order chi connectivity index (χ1) is 13.9. The average Bonchev–Trinajstić information content (AvgIpc) is 2.60. The Bertz CT molecular complexity index is 681. The monoisotopic (exact) mass is 449 g/mol. The highest BCUT2D eigenvalue weighted by Crippen LogP contribution is 2.44. The van der Waals surface area contributed by atoms with Crippen LogP contribution in [-0.2, 0) is 6.18 Å². The van der Waals surface area contributed by atoms with Crippen LogP contribution in [0.3, 0.4) is 0 Å². The Labute approximate surface area is 183 Å². The smallest absolute Gasteiger partial charge is 0.388 e. The van der Waals surface area contributed by atoms with Crippen LogP contribution in [0.4, 0.5) is 18.9 Å². The van der Waals surface area contributed by atoms with Crippen LogP contribution >= 0.6 is 11.6 Å². The second kappa shape index (κ2) is 10.1. The second-order valence-corrected chi connectivity index (χ2v) is 9.61. The molecule has 2 N–H and O–H groups in total. The van der Waals surface area contributed by atoms with E-state index in [9.17, 15) is 13.2 Å². The predicted octanol–water partition coefficient (Wildman–Crippen LogP) is 4.65. The van der Waals surface area contributed by atoms with Crippen LogP contribution in [-0.4, -0.2) is 62.4 Å². The number of piperidine rings is 1. The van der Waals surface area contributed by atoms with Crippen molar-refractivity contribution in [3.63, 3.8) is 0 Å². The van der Waals surface area contributed by atoms with Crippen molar-refractivity contribution in [1.29, 1.82) is 0 Å². The van der Waals surface area contributed by atoms with Gasteiger partial charge in [-0.3, -0.25) is 0 Å². The lowest BCUT2D eigenvalue weighted by atomic mass is 9.74. The van der Waals surface area contributed by atoms with Crippen LogP contribution in [0.5, 0.6) is 0 Å². The number of hydrogen-bond acceptors (Lipinski definition) is 4. The fourth-order valence-electron chi connectivity index (χ4n) is 4.45. The fraction of sp³-hybridized carbons (Fsp3) is 0.727. The number of alkyl halides is 3. The van der Waals surface area contributed by atoms with Crippen molar-refractivity contribution >= 4 is 17.3 Å². The summed E-state index contributed by atoms with van der Waals surface area (Å²) in [5.41, 5.74) is -0.682. The zero-order valence-corrected chi connectivity index (χ0v) is 19.2. The molecule has 3 rings (SSSR count). The van der Waals surface area contributed by atoms with E-state index in [4.69, 9.17) is 16.7 Å². The Kier molecular flexibility index (Phi) is 8.47. The third-order valence-electron chi connectivity index (χ3n) is 5.88. The normalized spacial score (nSPS) is 20.4. The molecule has 0 bridgehead atoms. The zero-order valence-electron chi connectivity index (χ0n) is 18.4. The van der Waals surface area contributed by atoms with E-state index in [0.717, 1.165) is 45.3 Å². The molecule has 0 atom stereocenters. The van der Waals surface area contributed by atoms with Gasteiger partial charge in [-0.1, -0.05) is 31.0 Å². The number of aliphatic hydroxyl groups is 1. The number of hydrogen-bond donors (Lipinski definition) is 2. The Balaban J connectivity index is 0.000000456. The van der Waals surface area contributed by atoms with Crippen molar-refractivity contribution < 1.29 is 18.3 Å². The molecule has 4 nitrogen and oxygen atoms in total. The van der Waals surface area contributed by atoms with Gasteiger partial charge in [-0.25, -0.2) is 0 Å². The summed E-state index contributed by atoms with van der Waals surface area (Å²) >= 11 is 5.85. The molecule has 8 heteroatoms. The molecular formula is C22H35ClF3N3O. The maximum atomic E-state index is 13.4. The third kappa shape index (κ3) is 6.74. The van der Waals surface area contributed by atoms with Crippen molar-refractivity contribution in [2.45, 2.75) is 51.3 Å². The van der Waals surface area contributed by atoms with Crippen LogP contribution in [0.1, 0.15) is 45.1 Å². The Morgan fingerprint density at radius 2 is 1.77 bits per heavy atom. The number of anilines is 1. The van der Waals surface area contributed by atoms with Gasteiger partial charge in [0, 0.05) is 32.7 Å². The highest BCUT2D eigenvalue weighted by Gasteiger charge is 2.40. The number of β-amino-alcohol motifs (C(OH)–C–C–N with tert-alkyl or cyclic N) is 1. The third-order valence-corrected chi connectivity index (χ3v) is 6.20. The molecule has 0 unspecified atom stereocenters. The Morgan fingerprint density at radius 3 is 2.17 bits per heavy atom. The predicted molar refractivity (Wildman–Crippen MR) is 117 cm³/mol. The van der Waals surface area contributed by atoms with Crippen molar-refractivity contribution in [3.05, 3.63) is 28.8 Å². The van der Waals surface area contributed by atoms with E-state index in [0.29, 0.717) is 13.1 Å². The molecule has 2 saturated heterocycles. The first-order valence-corrected chi connectivity index (χ1v) is 11.0. The largest absolute Gasteiger partial charge is 0.419 e. The first-order valence-electron chi connectivity index (χ1n) is 10.6. The zero-order chi connectivity index (χ0) is 22.6. The molecular weight excluding hydrogens is 415 g/mol. The molecule has 2 heterocycles. The number of halogens is 4. The standard InChI is InChI=1S/C18H26ClF3N2.C4H9NO/c1-4-8-17(13-23(2)3)9-11-24(12-10-17)15-7-5-6-14(19)16(15)18(20,21)22;1-4(6)2-5-3-4/h5-7H,4,8-13H2,1-3H3;5-6H,2-3H2,1H3. The summed E-state index contributed by atoms with van der Waals surface area (Å²) in [6.45, 7) is 7.76. The fourth-order valence-corrected chi connectivity index (χ4v) is 4.73. The molecule has 2 aliphatic rings. The van der Waals surface area contributed by atoms with Crippen molar-refractivity contribution in [2.75, 3.05) is 51.7 Å². The minimum absolute atomic E-state index is 0.200. The summed E-state index contributed by atoms with van der Waals surface area (Å²) in [6.07, 6.45) is -0.416. The lowest BCUT2D eigenvalue weighted by Gasteiger charge is -2.44. The molecule has 0 spiro atoms. The topological polar surface area (TPSA) is 38.7 Å². The van der Waals surface area contributed by atoms with E-state index < -0.39 is 11.7 Å². The number of benzene rings is 1. The van der Waals surface area contributed by atoms with Crippen molar-refractivity contribution in [1.82, 2.24) is 10.2 Å². The van der Waals surface area contributed by atoms with Gasteiger partial charge >= 0.3 is 6.18 Å².